The maximum absolute atomic E-state index is 13.2. The highest BCUT2D eigenvalue weighted by Gasteiger charge is 2.54. The molecule has 0 aliphatic carbocycles. The van der Waals surface area contributed by atoms with Gasteiger partial charge in [0.05, 0.1) is 5.41 Å². The fraction of sp³-hybridized carbons (Fsp3) is 0.368. The zero-order chi connectivity index (χ0) is 17.6. The molecule has 0 saturated carbocycles. The van der Waals surface area contributed by atoms with Gasteiger partial charge in [-0.15, -0.1) is 11.3 Å². The summed E-state index contributed by atoms with van der Waals surface area (Å²) in [7, 11) is 0. The second-order valence-electron chi connectivity index (χ2n) is 6.94. The predicted molar refractivity (Wildman–Crippen MR) is 98.6 cm³/mol. The lowest BCUT2D eigenvalue weighted by Crippen LogP contribution is -2.45. The van der Waals surface area contributed by atoms with Crippen molar-refractivity contribution in [3.63, 3.8) is 0 Å². The summed E-state index contributed by atoms with van der Waals surface area (Å²) in [6.45, 7) is 4.51. The fourth-order valence-electron chi connectivity index (χ4n) is 4.10. The van der Waals surface area contributed by atoms with E-state index in [-0.39, 0.29) is 12.5 Å². The number of nitrogens with two attached hydrogens (primary N) is 1. The lowest BCUT2D eigenvalue weighted by molar-refractivity contribution is -0.125. The molecule has 0 bridgehead atoms. The van der Waals surface area contributed by atoms with Crippen LogP contribution in [0.5, 0.6) is 0 Å². The van der Waals surface area contributed by atoms with Crippen LogP contribution in [0.15, 0.2) is 35.7 Å². The van der Waals surface area contributed by atoms with Crippen molar-refractivity contribution in [2.75, 3.05) is 24.5 Å². The van der Waals surface area contributed by atoms with Gasteiger partial charge in [0.2, 0.25) is 11.8 Å². The Labute approximate surface area is 151 Å². The Hall–Kier alpha value is -2.18. The number of thiophene rings is 1. The van der Waals surface area contributed by atoms with Crippen LogP contribution in [0.1, 0.15) is 22.4 Å². The van der Waals surface area contributed by atoms with E-state index in [0.717, 1.165) is 30.8 Å². The summed E-state index contributed by atoms with van der Waals surface area (Å²) in [4.78, 5) is 29.9. The maximum Gasteiger partial charge on any atom is 0.239 e. The molecular formula is C19H21N3O2S. The summed E-state index contributed by atoms with van der Waals surface area (Å²) in [5, 5.41) is 2.11. The number of para-hydroxylation sites is 1. The molecule has 130 valence electrons. The molecule has 3 heterocycles. The van der Waals surface area contributed by atoms with Crippen LogP contribution in [0.25, 0.3) is 0 Å². The number of rotatable bonds is 4. The van der Waals surface area contributed by atoms with Crippen molar-refractivity contribution >= 4 is 28.8 Å². The van der Waals surface area contributed by atoms with Crippen molar-refractivity contribution < 1.29 is 9.59 Å². The van der Waals surface area contributed by atoms with E-state index in [1.54, 1.807) is 16.2 Å². The third-order valence-corrected chi connectivity index (χ3v) is 6.37. The van der Waals surface area contributed by atoms with Crippen LogP contribution < -0.4 is 10.6 Å². The summed E-state index contributed by atoms with van der Waals surface area (Å²) >= 11 is 1.76. The van der Waals surface area contributed by atoms with Gasteiger partial charge in [-0.05, 0) is 48.5 Å². The molecule has 1 fully saturated rings. The van der Waals surface area contributed by atoms with E-state index in [1.807, 2.05) is 24.3 Å². The summed E-state index contributed by atoms with van der Waals surface area (Å²) in [5.74, 6) is -0.470. The molecule has 1 spiro atoms. The van der Waals surface area contributed by atoms with Crippen molar-refractivity contribution in [1.82, 2.24) is 4.90 Å². The molecule has 1 saturated heterocycles. The third kappa shape index (κ3) is 2.56. The van der Waals surface area contributed by atoms with Gasteiger partial charge in [0.1, 0.15) is 6.54 Å². The van der Waals surface area contributed by atoms with Crippen LogP contribution in [-0.2, 0) is 21.5 Å². The van der Waals surface area contributed by atoms with Crippen LogP contribution in [0.2, 0.25) is 0 Å². The minimum Gasteiger partial charge on any atom is -0.368 e. The molecule has 2 aliphatic heterocycles. The molecule has 1 atom stereocenters. The molecule has 1 aromatic carbocycles. The number of carbonyl (C=O) groups excluding carboxylic acids is 2. The summed E-state index contributed by atoms with van der Waals surface area (Å²) < 4.78 is 0. The topological polar surface area (TPSA) is 66.6 Å². The zero-order valence-electron chi connectivity index (χ0n) is 14.2. The minimum atomic E-state index is -0.544. The molecule has 5 nitrogen and oxygen atoms in total. The number of nitrogens with zero attached hydrogens (tertiary/aromatic N) is 2. The number of hydrogen-bond acceptors (Lipinski definition) is 4. The van der Waals surface area contributed by atoms with Crippen LogP contribution >= 0.6 is 11.3 Å². The normalized spacial score (nSPS) is 22.8. The predicted octanol–water partition coefficient (Wildman–Crippen LogP) is 2.03. The molecule has 2 aromatic rings. The van der Waals surface area contributed by atoms with Crippen LogP contribution in [0, 0.1) is 6.92 Å². The van der Waals surface area contributed by atoms with Crippen molar-refractivity contribution in [3.05, 3.63) is 51.7 Å². The molecule has 2 N–H and O–H groups in total. The van der Waals surface area contributed by atoms with E-state index >= 15 is 0 Å². The lowest BCUT2D eigenvalue weighted by atomic mass is 9.81. The average Bonchev–Trinajstić information content (AvgIpc) is 3.25. The third-order valence-electron chi connectivity index (χ3n) is 5.36. The molecule has 0 radical (unpaired) electrons. The highest BCUT2D eigenvalue weighted by molar-refractivity contribution is 7.10. The summed E-state index contributed by atoms with van der Waals surface area (Å²) in [6, 6.07) is 9.94. The monoisotopic (exact) mass is 355 g/mol. The van der Waals surface area contributed by atoms with Gasteiger partial charge in [-0.3, -0.25) is 14.5 Å². The zero-order valence-corrected chi connectivity index (χ0v) is 15.0. The van der Waals surface area contributed by atoms with Gasteiger partial charge in [-0.1, -0.05) is 18.2 Å². The minimum absolute atomic E-state index is 0.0119. The molecule has 25 heavy (non-hydrogen) atoms. The molecule has 1 aromatic heterocycles. The highest BCUT2D eigenvalue weighted by Crippen LogP contribution is 2.47. The smallest absolute Gasteiger partial charge is 0.239 e. The number of benzene rings is 1. The van der Waals surface area contributed by atoms with E-state index in [4.69, 9.17) is 5.73 Å². The number of hydrogen-bond donors (Lipinski definition) is 1. The van der Waals surface area contributed by atoms with Gasteiger partial charge in [0.15, 0.2) is 0 Å². The summed E-state index contributed by atoms with van der Waals surface area (Å²) in [5.41, 5.74) is 8.00. The van der Waals surface area contributed by atoms with Gasteiger partial charge in [-0.2, -0.15) is 0 Å². The Morgan fingerprint density at radius 1 is 1.32 bits per heavy atom. The molecule has 6 heteroatoms. The average molecular weight is 355 g/mol. The molecule has 2 aliphatic rings. The van der Waals surface area contributed by atoms with E-state index < -0.39 is 11.3 Å². The number of primary amides is 1. The summed E-state index contributed by atoms with van der Waals surface area (Å²) in [6.07, 6.45) is 0.780. The Bertz CT molecular complexity index is 847. The molecule has 4 rings (SSSR count). The van der Waals surface area contributed by atoms with Gasteiger partial charge < -0.3 is 10.6 Å². The van der Waals surface area contributed by atoms with Crippen molar-refractivity contribution in [2.45, 2.75) is 25.3 Å². The second kappa shape index (κ2) is 5.97. The first-order valence-electron chi connectivity index (χ1n) is 8.46. The quantitative estimate of drug-likeness (QED) is 0.913. The standard InChI is InChI=1S/C19H21N3O2S/c1-13-6-9-25-16(13)10-21-8-7-19(12-21)14-4-2-3-5-15(14)22(18(19)24)11-17(20)23/h2-6,9H,7-8,10-12H2,1H3,(H2,20,23). The van der Waals surface area contributed by atoms with Gasteiger partial charge in [0, 0.05) is 23.7 Å². The number of anilines is 1. The second-order valence-corrected chi connectivity index (χ2v) is 7.94. The first-order chi connectivity index (χ1) is 12.0. The first kappa shape index (κ1) is 16.3. The molecule has 1 unspecified atom stereocenters. The Morgan fingerprint density at radius 2 is 2.12 bits per heavy atom. The largest absolute Gasteiger partial charge is 0.368 e. The van der Waals surface area contributed by atoms with Crippen LogP contribution in [0.4, 0.5) is 5.69 Å². The van der Waals surface area contributed by atoms with Gasteiger partial charge >= 0.3 is 0 Å². The number of carbonyl (C=O) groups is 2. The number of aryl methyl sites for hydroxylation is 1. The molecule has 2 amide bonds. The van der Waals surface area contributed by atoms with Crippen LogP contribution in [-0.4, -0.2) is 36.3 Å². The van der Waals surface area contributed by atoms with E-state index in [0.29, 0.717) is 6.54 Å². The Morgan fingerprint density at radius 3 is 2.84 bits per heavy atom. The molecular weight excluding hydrogens is 334 g/mol. The van der Waals surface area contributed by atoms with E-state index in [1.165, 1.54) is 10.4 Å². The van der Waals surface area contributed by atoms with Gasteiger partial charge in [-0.25, -0.2) is 0 Å². The van der Waals surface area contributed by atoms with Crippen molar-refractivity contribution in [3.8, 4) is 0 Å². The SMILES string of the molecule is Cc1ccsc1CN1CCC2(C1)C(=O)N(CC(N)=O)c1ccccc12. The maximum atomic E-state index is 13.2. The Kier molecular flexibility index (Phi) is 3.89. The fourth-order valence-corrected chi connectivity index (χ4v) is 5.04. The number of likely N-dealkylation sites (tertiary alicyclic amines) is 1. The van der Waals surface area contributed by atoms with Crippen LogP contribution in [0.3, 0.4) is 0 Å². The van der Waals surface area contributed by atoms with E-state index in [2.05, 4.69) is 23.3 Å². The lowest BCUT2D eigenvalue weighted by Gasteiger charge is -2.24. The number of amides is 2. The van der Waals surface area contributed by atoms with Crippen molar-refractivity contribution in [1.29, 1.82) is 0 Å². The first-order valence-corrected chi connectivity index (χ1v) is 9.34. The van der Waals surface area contributed by atoms with Crippen molar-refractivity contribution in [2.24, 2.45) is 5.73 Å². The van der Waals surface area contributed by atoms with E-state index in [9.17, 15) is 9.59 Å². The van der Waals surface area contributed by atoms with Gasteiger partial charge in [0.25, 0.3) is 0 Å². The highest BCUT2D eigenvalue weighted by atomic mass is 32.1. The Balaban J connectivity index is 1.64. The number of fused-ring (bicyclic) bond motifs is 2.